The molecule has 0 saturated carbocycles. The molecule has 4 rings (SSSR count). The van der Waals surface area contributed by atoms with Crippen LogP contribution in [0.3, 0.4) is 0 Å². The first-order chi connectivity index (χ1) is 18.1. The van der Waals surface area contributed by atoms with Crippen molar-refractivity contribution in [2.24, 2.45) is 0 Å². The molecular weight excluding hydrogens is 482 g/mol. The summed E-state index contributed by atoms with van der Waals surface area (Å²) in [6, 6.07) is 24.2. The van der Waals surface area contributed by atoms with Crippen LogP contribution in [0.1, 0.15) is 31.7 Å². The van der Waals surface area contributed by atoms with Crippen molar-refractivity contribution in [1.82, 2.24) is 14.5 Å². The lowest BCUT2D eigenvalue weighted by molar-refractivity contribution is 0.249. The summed E-state index contributed by atoms with van der Waals surface area (Å²) in [7, 11) is 0. The van der Waals surface area contributed by atoms with Gasteiger partial charge >= 0.3 is 0 Å². The van der Waals surface area contributed by atoms with E-state index in [2.05, 4.69) is 53.8 Å². The maximum Gasteiger partial charge on any atom is 0.119 e. The molecule has 5 nitrogen and oxygen atoms in total. The summed E-state index contributed by atoms with van der Waals surface area (Å²) in [5, 5.41) is 0.751. The molecule has 0 fully saturated rings. The minimum atomic E-state index is 0.615. The van der Waals surface area contributed by atoms with Crippen LogP contribution in [0.15, 0.2) is 79.0 Å². The molecule has 0 aliphatic heterocycles. The van der Waals surface area contributed by atoms with E-state index in [-0.39, 0.29) is 0 Å². The molecule has 4 aromatic rings. The summed E-state index contributed by atoms with van der Waals surface area (Å²) >= 11 is 5.95. The zero-order valence-electron chi connectivity index (χ0n) is 22.0. The molecule has 1 heterocycles. The first kappa shape index (κ1) is 26.8. The molecule has 0 saturated heterocycles. The lowest BCUT2D eigenvalue weighted by Gasteiger charge is -2.17. The molecular formula is C31H36ClN3O2. The zero-order valence-corrected chi connectivity index (χ0v) is 22.7. The molecule has 6 heteroatoms. The highest BCUT2D eigenvalue weighted by Crippen LogP contribution is 2.25. The predicted octanol–water partition coefficient (Wildman–Crippen LogP) is 7.23. The Kier molecular flexibility index (Phi) is 9.64. The van der Waals surface area contributed by atoms with Crippen LogP contribution in [0.25, 0.3) is 16.9 Å². The number of hydrogen-bond donors (Lipinski definition) is 0. The van der Waals surface area contributed by atoms with Gasteiger partial charge in [-0.15, -0.1) is 0 Å². The number of halogens is 1. The molecule has 0 aliphatic rings. The monoisotopic (exact) mass is 517 g/mol. The fourth-order valence-corrected chi connectivity index (χ4v) is 4.38. The predicted molar refractivity (Wildman–Crippen MR) is 152 cm³/mol. The summed E-state index contributed by atoms with van der Waals surface area (Å²) < 4.78 is 14.0. The van der Waals surface area contributed by atoms with E-state index in [0.29, 0.717) is 6.61 Å². The second-order valence-electron chi connectivity index (χ2n) is 9.02. The van der Waals surface area contributed by atoms with Crippen LogP contribution in [0.2, 0.25) is 5.02 Å². The van der Waals surface area contributed by atoms with Gasteiger partial charge in [-0.05, 0) is 92.7 Å². The summed E-state index contributed by atoms with van der Waals surface area (Å²) in [5.74, 6) is 2.68. The quantitative estimate of drug-likeness (QED) is 0.175. The normalized spacial score (nSPS) is 11.2. The van der Waals surface area contributed by atoms with Crippen LogP contribution >= 0.6 is 11.6 Å². The van der Waals surface area contributed by atoms with E-state index in [0.717, 1.165) is 78.4 Å². The maximum absolute atomic E-state index is 5.95. The van der Waals surface area contributed by atoms with Crippen molar-refractivity contribution in [2.45, 2.75) is 33.6 Å². The Hall–Kier alpha value is -3.28. The van der Waals surface area contributed by atoms with Gasteiger partial charge in [0.15, 0.2) is 0 Å². The van der Waals surface area contributed by atoms with E-state index in [4.69, 9.17) is 26.1 Å². The number of nitrogens with zero attached hydrogens (tertiary/aromatic N) is 3. The number of rotatable bonds is 13. The highest BCUT2D eigenvalue weighted by Gasteiger charge is 2.09. The van der Waals surface area contributed by atoms with Gasteiger partial charge in [0, 0.05) is 35.4 Å². The summed E-state index contributed by atoms with van der Waals surface area (Å²) in [5.41, 5.74) is 4.26. The number of benzene rings is 3. The van der Waals surface area contributed by atoms with Gasteiger partial charge in [-0.3, -0.25) is 0 Å². The molecule has 0 bridgehead atoms. The third kappa shape index (κ3) is 7.61. The molecule has 0 aliphatic carbocycles. The van der Waals surface area contributed by atoms with E-state index in [1.807, 2.05) is 55.5 Å². The van der Waals surface area contributed by atoms with E-state index in [1.165, 1.54) is 5.56 Å². The highest BCUT2D eigenvalue weighted by atomic mass is 35.5. The fourth-order valence-electron chi connectivity index (χ4n) is 4.25. The van der Waals surface area contributed by atoms with Crippen LogP contribution in [-0.4, -0.2) is 47.3 Å². The van der Waals surface area contributed by atoms with Gasteiger partial charge in [0.25, 0.3) is 0 Å². The Balaban J connectivity index is 1.31. The van der Waals surface area contributed by atoms with Crippen molar-refractivity contribution in [3.05, 3.63) is 95.4 Å². The summed E-state index contributed by atoms with van der Waals surface area (Å²) in [6.45, 7) is 11.0. The van der Waals surface area contributed by atoms with Crippen LogP contribution in [0.4, 0.5) is 0 Å². The van der Waals surface area contributed by atoms with Gasteiger partial charge < -0.3 is 18.9 Å². The Bertz CT molecular complexity index is 1230. The van der Waals surface area contributed by atoms with Gasteiger partial charge in [0.05, 0.1) is 18.9 Å². The van der Waals surface area contributed by atoms with Crippen molar-refractivity contribution in [1.29, 1.82) is 0 Å². The van der Waals surface area contributed by atoms with E-state index >= 15 is 0 Å². The Morgan fingerprint density at radius 1 is 0.811 bits per heavy atom. The average Bonchev–Trinajstić information content (AvgIpc) is 3.32. The highest BCUT2D eigenvalue weighted by molar-refractivity contribution is 6.30. The van der Waals surface area contributed by atoms with E-state index in [1.54, 1.807) is 0 Å². The first-order valence-electron chi connectivity index (χ1n) is 13.0. The minimum absolute atomic E-state index is 0.615. The maximum atomic E-state index is 5.95. The molecule has 3 aromatic carbocycles. The smallest absolute Gasteiger partial charge is 0.119 e. The standard InChI is InChI=1S/C31H36ClN3O2/c1-4-34(5-2)20-6-21-36-30-17-13-28(14-18-30)35-23-31(33-24(35)3)26-9-15-29(16-10-26)37-22-19-25-7-11-27(32)12-8-25/h7-18,23H,4-6,19-22H2,1-3H3. The molecule has 0 unspecified atom stereocenters. The third-order valence-corrected chi connectivity index (χ3v) is 6.75. The Morgan fingerprint density at radius 3 is 2.08 bits per heavy atom. The van der Waals surface area contributed by atoms with Crippen molar-refractivity contribution in [3.8, 4) is 28.4 Å². The number of aryl methyl sites for hydroxylation is 1. The summed E-state index contributed by atoms with van der Waals surface area (Å²) in [6.07, 6.45) is 3.94. The van der Waals surface area contributed by atoms with Gasteiger partial charge in [0.1, 0.15) is 17.3 Å². The van der Waals surface area contributed by atoms with Crippen LogP contribution in [0, 0.1) is 6.92 Å². The molecule has 0 atom stereocenters. The molecule has 0 amide bonds. The van der Waals surface area contributed by atoms with E-state index < -0.39 is 0 Å². The minimum Gasteiger partial charge on any atom is -0.494 e. The molecule has 194 valence electrons. The van der Waals surface area contributed by atoms with Crippen LogP contribution in [-0.2, 0) is 6.42 Å². The molecule has 0 N–H and O–H groups in total. The molecule has 37 heavy (non-hydrogen) atoms. The van der Waals surface area contributed by atoms with Gasteiger partial charge in [0.2, 0.25) is 0 Å². The Labute approximate surface area is 225 Å². The number of aromatic nitrogens is 2. The van der Waals surface area contributed by atoms with Crippen molar-refractivity contribution in [2.75, 3.05) is 32.8 Å². The van der Waals surface area contributed by atoms with Crippen molar-refractivity contribution in [3.63, 3.8) is 0 Å². The molecule has 1 aromatic heterocycles. The van der Waals surface area contributed by atoms with Gasteiger partial charge in [-0.25, -0.2) is 4.98 Å². The van der Waals surface area contributed by atoms with Crippen LogP contribution in [0.5, 0.6) is 11.5 Å². The number of hydrogen-bond acceptors (Lipinski definition) is 4. The topological polar surface area (TPSA) is 39.5 Å². The zero-order chi connectivity index (χ0) is 26.0. The largest absolute Gasteiger partial charge is 0.494 e. The lowest BCUT2D eigenvalue weighted by atomic mass is 10.1. The number of imidazole rings is 1. The number of ether oxygens (including phenoxy) is 2. The summed E-state index contributed by atoms with van der Waals surface area (Å²) in [4.78, 5) is 7.20. The van der Waals surface area contributed by atoms with Crippen molar-refractivity contribution >= 4 is 11.6 Å². The average molecular weight is 518 g/mol. The van der Waals surface area contributed by atoms with Gasteiger partial charge in [-0.2, -0.15) is 0 Å². The second kappa shape index (κ2) is 13.3. The Morgan fingerprint density at radius 2 is 1.43 bits per heavy atom. The SMILES string of the molecule is CCN(CC)CCCOc1ccc(-n2cc(-c3ccc(OCCc4ccc(Cl)cc4)cc3)nc2C)cc1. The molecule has 0 spiro atoms. The van der Waals surface area contributed by atoms with Gasteiger partial charge in [-0.1, -0.05) is 37.6 Å². The second-order valence-corrected chi connectivity index (χ2v) is 9.45. The molecule has 0 radical (unpaired) electrons. The fraction of sp³-hybridized carbons (Fsp3) is 0.323. The van der Waals surface area contributed by atoms with E-state index in [9.17, 15) is 0 Å². The lowest BCUT2D eigenvalue weighted by Crippen LogP contribution is -2.25. The van der Waals surface area contributed by atoms with Crippen molar-refractivity contribution < 1.29 is 9.47 Å². The van der Waals surface area contributed by atoms with Crippen LogP contribution < -0.4 is 9.47 Å². The third-order valence-electron chi connectivity index (χ3n) is 6.50. The first-order valence-corrected chi connectivity index (χ1v) is 13.4.